The highest BCUT2D eigenvalue weighted by atomic mass is 35.5. The van der Waals surface area contributed by atoms with Gasteiger partial charge in [-0.3, -0.25) is 9.36 Å². The number of methoxy groups -OCH3 is 2. The number of nitrogens with one attached hydrogen (secondary N) is 1. The topological polar surface area (TPSA) is 78.3 Å². The van der Waals surface area contributed by atoms with Crippen molar-refractivity contribution < 1.29 is 14.3 Å². The molecule has 1 amide bonds. The van der Waals surface area contributed by atoms with Gasteiger partial charge in [-0.1, -0.05) is 48.3 Å². The second kappa shape index (κ2) is 10.5. The number of hydrogen-bond donors (Lipinski definition) is 1. The summed E-state index contributed by atoms with van der Waals surface area (Å²) in [7, 11) is 3.15. The number of thioether (sulfide) groups is 1. The van der Waals surface area contributed by atoms with Crippen molar-refractivity contribution in [2.24, 2.45) is 0 Å². The van der Waals surface area contributed by atoms with Gasteiger partial charge < -0.3 is 14.8 Å². The summed E-state index contributed by atoms with van der Waals surface area (Å²) in [5.74, 6) is 1.82. The number of carbonyl (C=O) groups excluding carboxylic acids is 1. The largest absolute Gasteiger partial charge is 0.497 e. The van der Waals surface area contributed by atoms with Crippen LogP contribution in [-0.4, -0.2) is 40.1 Å². The van der Waals surface area contributed by atoms with E-state index in [0.29, 0.717) is 28.3 Å². The van der Waals surface area contributed by atoms with Gasteiger partial charge in [-0.05, 0) is 31.9 Å². The standard InChI is InChI=1S/C24H27ClN4O3S/c1-15(23(30)26-16-12-18(31-2)14-19(13-16)32-3)33-24-28-27-22(20-10-6-7-11-21(20)25)29(24)17-8-4-5-9-17/h6-7,10-15,17H,4-5,8-9H2,1-3H3,(H,26,30). The molecule has 0 bridgehead atoms. The summed E-state index contributed by atoms with van der Waals surface area (Å²) in [6, 6.07) is 13.2. The quantitative estimate of drug-likeness (QED) is 0.402. The molecule has 1 saturated carbocycles. The lowest BCUT2D eigenvalue weighted by atomic mass is 10.2. The number of hydrogen-bond acceptors (Lipinski definition) is 6. The summed E-state index contributed by atoms with van der Waals surface area (Å²) >= 11 is 7.87. The van der Waals surface area contributed by atoms with Gasteiger partial charge in [0.05, 0.1) is 24.5 Å². The van der Waals surface area contributed by atoms with Crippen molar-refractivity contribution in [1.82, 2.24) is 14.8 Å². The Labute approximate surface area is 202 Å². The molecular weight excluding hydrogens is 460 g/mol. The van der Waals surface area contributed by atoms with Gasteiger partial charge >= 0.3 is 0 Å². The Kier molecular flexibility index (Phi) is 7.45. The fraction of sp³-hybridized carbons (Fsp3) is 0.375. The molecule has 33 heavy (non-hydrogen) atoms. The molecule has 1 atom stereocenters. The van der Waals surface area contributed by atoms with Gasteiger partial charge in [0, 0.05) is 35.5 Å². The lowest BCUT2D eigenvalue weighted by Gasteiger charge is -2.19. The predicted molar refractivity (Wildman–Crippen MR) is 131 cm³/mol. The van der Waals surface area contributed by atoms with Crippen LogP contribution in [0.5, 0.6) is 11.5 Å². The molecule has 0 aliphatic heterocycles. The summed E-state index contributed by atoms with van der Waals surface area (Å²) in [6.07, 6.45) is 4.46. The van der Waals surface area contributed by atoms with Gasteiger partial charge in [0.15, 0.2) is 11.0 Å². The summed E-state index contributed by atoms with van der Waals surface area (Å²) in [5, 5.41) is 12.9. The summed E-state index contributed by atoms with van der Waals surface area (Å²) in [4.78, 5) is 13.0. The molecule has 1 heterocycles. The summed E-state index contributed by atoms with van der Waals surface area (Å²) in [6.45, 7) is 1.86. The summed E-state index contributed by atoms with van der Waals surface area (Å²) < 4.78 is 12.8. The lowest BCUT2D eigenvalue weighted by Crippen LogP contribution is -2.23. The van der Waals surface area contributed by atoms with Crippen LogP contribution in [0, 0.1) is 0 Å². The first kappa shape index (κ1) is 23.4. The van der Waals surface area contributed by atoms with Crippen LogP contribution in [0.15, 0.2) is 47.6 Å². The number of ether oxygens (including phenoxy) is 2. The molecule has 1 aliphatic carbocycles. The maximum absolute atomic E-state index is 13.0. The number of benzene rings is 2. The minimum Gasteiger partial charge on any atom is -0.497 e. The third-order valence-corrected chi connectivity index (χ3v) is 7.13. The molecule has 1 N–H and O–H groups in total. The van der Waals surface area contributed by atoms with Gasteiger partial charge in [-0.15, -0.1) is 10.2 Å². The zero-order valence-electron chi connectivity index (χ0n) is 18.9. The van der Waals surface area contributed by atoms with Crippen LogP contribution >= 0.6 is 23.4 Å². The fourth-order valence-corrected chi connectivity index (χ4v) is 5.15. The number of nitrogens with zero attached hydrogens (tertiary/aromatic N) is 3. The Hall–Kier alpha value is -2.71. The normalized spacial score (nSPS) is 14.8. The van der Waals surface area contributed by atoms with Crippen LogP contribution in [0.1, 0.15) is 38.6 Å². The van der Waals surface area contributed by atoms with E-state index in [1.165, 1.54) is 24.6 Å². The number of aromatic nitrogens is 3. The average Bonchev–Trinajstić information content (AvgIpc) is 3.49. The SMILES string of the molecule is COc1cc(NC(=O)C(C)Sc2nnc(-c3ccccc3Cl)n2C2CCCC2)cc(OC)c1. The molecule has 7 nitrogen and oxygen atoms in total. The van der Waals surface area contributed by atoms with E-state index in [9.17, 15) is 4.79 Å². The van der Waals surface area contributed by atoms with Gasteiger partial charge in [-0.25, -0.2) is 0 Å². The van der Waals surface area contributed by atoms with Gasteiger partial charge in [0.1, 0.15) is 11.5 Å². The van der Waals surface area contributed by atoms with Crippen molar-refractivity contribution in [3.05, 3.63) is 47.5 Å². The first-order chi connectivity index (χ1) is 16.0. The highest BCUT2D eigenvalue weighted by Crippen LogP contribution is 2.39. The smallest absolute Gasteiger partial charge is 0.237 e. The molecule has 1 fully saturated rings. The molecule has 174 valence electrons. The Morgan fingerprint density at radius 3 is 2.42 bits per heavy atom. The summed E-state index contributed by atoms with van der Waals surface area (Å²) in [5.41, 5.74) is 1.46. The van der Waals surface area contributed by atoms with E-state index in [2.05, 4.69) is 20.1 Å². The van der Waals surface area contributed by atoms with Crippen LogP contribution in [0.3, 0.4) is 0 Å². The van der Waals surface area contributed by atoms with Crippen LogP contribution in [-0.2, 0) is 4.79 Å². The van der Waals surface area contributed by atoms with Gasteiger partial charge in [0.2, 0.25) is 5.91 Å². The molecule has 9 heteroatoms. The van der Waals surface area contributed by atoms with E-state index >= 15 is 0 Å². The maximum atomic E-state index is 13.0. The molecule has 1 unspecified atom stereocenters. The van der Waals surface area contributed by atoms with Gasteiger partial charge in [0.25, 0.3) is 0 Å². The van der Waals surface area contributed by atoms with E-state index in [4.69, 9.17) is 21.1 Å². The first-order valence-electron chi connectivity index (χ1n) is 10.9. The zero-order chi connectivity index (χ0) is 23.4. The first-order valence-corrected chi connectivity index (χ1v) is 12.2. The molecule has 2 aromatic carbocycles. The van der Waals surface area contributed by atoms with Crippen molar-refractivity contribution in [2.75, 3.05) is 19.5 Å². The van der Waals surface area contributed by atoms with Crippen molar-refractivity contribution in [3.63, 3.8) is 0 Å². The van der Waals surface area contributed by atoms with E-state index in [-0.39, 0.29) is 5.91 Å². The van der Waals surface area contributed by atoms with E-state index in [1.54, 1.807) is 32.4 Å². The molecule has 0 spiro atoms. The van der Waals surface area contributed by atoms with E-state index < -0.39 is 5.25 Å². The molecule has 3 aromatic rings. The minimum absolute atomic E-state index is 0.143. The zero-order valence-corrected chi connectivity index (χ0v) is 20.4. The third kappa shape index (κ3) is 5.28. The van der Waals surface area contributed by atoms with E-state index in [0.717, 1.165) is 29.4 Å². The number of rotatable bonds is 8. The van der Waals surface area contributed by atoms with Crippen LogP contribution in [0.4, 0.5) is 5.69 Å². The van der Waals surface area contributed by atoms with E-state index in [1.807, 2.05) is 31.2 Å². The lowest BCUT2D eigenvalue weighted by molar-refractivity contribution is -0.115. The predicted octanol–water partition coefficient (Wildman–Crippen LogP) is 5.85. The Balaban J connectivity index is 1.57. The maximum Gasteiger partial charge on any atom is 0.237 e. The number of amides is 1. The molecule has 1 aromatic heterocycles. The number of carbonyl (C=O) groups is 1. The molecule has 0 radical (unpaired) electrons. The Morgan fingerprint density at radius 2 is 1.79 bits per heavy atom. The Bertz CT molecular complexity index is 1110. The average molecular weight is 487 g/mol. The molecule has 1 aliphatic rings. The van der Waals surface area contributed by atoms with Gasteiger partial charge in [-0.2, -0.15) is 0 Å². The van der Waals surface area contributed by atoms with Crippen LogP contribution in [0.2, 0.25) is 5.02 Å². The van der Waals surface area contributed by atoms with Crippen molar-refractivity contribution >= 4 is 35.0 Å². The highest BCUT2D eigenvalue weighted by Gasteiger charge is 2.28. The van der Waals surface area contributed by atoms with Crippen LogP contribution in [0.25, 0.3) is 11.4 Å². The second-order valence-electron chi connectivity index (χ2n) is 7.94. The monoisotopic (exact) mass is 486 g/mol. The molecular formula is C24H27ClN4O3S. The molecule has 0 saturated heterocycles. The van der Waals surface area contributed by atoms with Crippen molar-refractivity contribution in [3.8, 4) is 22.9 Å². The van der Waals surface area contributed by atoms with Crippen LogP contribution < -0.4 is 14.8 Å². The Morgan fingerprint density at radius 1 is 1.12 bits per heavy atom. The fourth-order valence-electron chi connectivity index (χ4n) is 4.01. The number of halogens is 1. The molecule has 4 rings (SSSR count). The minimum atomic E-state index is -0.398. The number of anilines is 1. The van der Waals surface area contributed by atoms with Crippen molar-refractivity contribution in [2.45, 2.75) is 49.1 Å². The second-order valence-corrected chi connectivity index (χ2v) is 9.66. The van der Waals surface area contributed by atoms with Crippen molar-refractivity contribution in [1.29, 1.82) is 0 Å². The third-order valence-electron chi connectivity index (χ3n) is 5.74. The highest BCUT2D eigenvalue weighted by molar-refractivity contribution is 8.00.